The summed E-state index contributed by atoms with van der Waals surface area (Å²) in [6.07, 6.45) is 19.9. The maximum absolute atomic E-state index is 6.24. The fourth-order valence-electron chi connectivity index (χ4n) is 8.53. The van der Waals surface area contributed by atoms with Crippen molar-refractivity contribution >= 4 is 55.3 Å². The third-order valence-electron chi connectivity index (χ3n) is 11.3. The van der Waals surface area contributed by atoms with Gasteiger partial charge in [-0.05, 0) is 131 Å². The Kier molecular flexibility index (Phi) is 8.79. The first-order valence-corrected chi connectivity index (χ1v) is 19.8. The summed E-state index contributed by atoms with van der Waals surface area (Å²) in [5.41, 5.74) is 18.9. The summed E-state index contributed by atoms with van der Waals surface area (Å²) >= 11 is 0. The van der Waals surface area contributed by atoms with Crippen LogP contribution in [0.2, 0.25) is 0 Å². The molecule has 3 heteroatoms. The molecule has 8 aromatic rings. The van der Waals surface area contributed by atoms with Crippen molar-refractivity contribution in [3.05, 3.63) is 210 Å². The van der Waals surface area contributed by atoms with Crippen molar-refractivity contribution < 1.29 is 8.83 Å². The first kappa shape index (κ1) is 34.4. The summed E-state index contributed by atoms with van der Waals surface area (Å²) < 4.78 is 12.4. The average Bonchev–Trinajstić information content (AvgIpc) is 3.65. The Hall–Kier alpha value is -7.06. The van der Waals surface area contributed by atoms with Gasteiger partial charge in [-0.25, -0.2) is 0 Å². The zero-order valence-electron chi connectivity index (χ0n) is 32.1. The molecule has 2 aromatic heterocycles. The van der Waals surface area contributed by atoms with Crippen LogP contribution in [0, 0.1) is 0 Å². The van der Waals surface area contributed by atoms with E-state index in [1.807, 2.05) is 30.3 Å². The third kappa shape index (κ3) is 6.29. The highest BCUT2D eigenvalue weighted by Crippen LogP contribution is 2.40. The number of allylic oxidation sites excluding steroid dienone is 9. The van der Waals surface area contributed by atoms with Gasteiger partial charge < -0.3 is 13.7 Å². The van der Waals surface area contributed by atoms with Crippen molar-refractivity contribution in [3.63, 3.8) is 0 Å². The van der Waals surface area contributed by atoms with Gasteiger partial charge in [0, 0.05) is 32.9 Å². The van der Waals surface area contributed by atoms with Gasteiger partial charge in [-0.3, -0.25) is 0 Å². The van der Waals surface area contributed by atoms with Gasteiger partial charge in [0.2, 0.25) is 0 Å². The Morgan fingerprint density at radius 2 is 1.28 bits per heavy atom. The molecule has 2 aliphatic carbocycles. The Bertz CT molecular complexity index is 3060. The minimum atomic E-state index is -0.0370. The molecule has 0 N–H and O–H groups in total. The van der Waals surface area contributed by atoms with E-state index in [-0.39, 0.29) is 6.04 Å². The highest BCUT2D eigenvalue weighted by molar-refractivity contribution is 6.12. The largest absolute Gasteiger partial charge is 0.456 e. The van der Waals surface area contributed by atoms with Crippen LogP contribution in [-0.2, 0) is 0 Å². The van der Waals surface area contributed by atoms with Crippen LogP contribution in [0.5, 0.6) is 0 Å². The third-order valence-corrected chi connectivity index (χ3v) is 11.3. The number of rotatable bonds is 8. The van der Waals surface area contributed by atoms with E-state index in [0.717, 1.165) is 90.3 Å². The minimum Gasteiger partial charge on any atom is -0.456 e. The van der Waals surface area contributed by atoms with E-state index < -0.39 is 0 Å². The molecule has 2 heterocycles. The highest BCUT2D eigenvalue weighted by atomic mass is 16.3. The fraction of sp³-hybridized carbons (Fsp3) is 0.0926. The molecule has 0 saturated carbocycles. The Balaban J connectivity index is 1.03. The molecule has 1 atom stereocenters. The van der Waals surface area contributed by atoms with Crippen molar-refractivity contribution in [1.29, 1.82) is 0 Å². The molecule has 274 valence electrons. The van der Waals surface area contributed by atoms with E-state index in [4.69, 9.17) is 8.83 Å². The zero-order valence-corrected chi connectivity index (χ0v) is 32.1. The van der Waals surface area contributed by atoms with Gasteiger partial charge in [0.1, 0.15) is 22.3 Å². The van der Waals surface area contributed by atoms with Gasteiger partial charge in [0.25, 0.3) is 0 Å². The molecule has 2 aliphatic rings. The first-order valence-electron chi connectivity index (χ1n) is 19.8. The van der Waals surface area contributed by atoms with Crippen molar-refractivity contribution in [2.45, 2.75) is 32.7 Å². The topological polar surface area (TPSA) is 29.5 Å². The Labute approximate surface area is 332 Å². The zero-order chi connectivity index (χ0) is 38.3. The van der Waals surface area contributed by atoms with Gasteiger partial charge in [-0.2, -0.15) is 0 Å². The predicted molar refractivity (Wildman–Crippen MR) is 239 cm³/mol. The van der Waals surface area contributed by atoms with Gasteiger partial charge in [0.05, 0.1) is 6.04 Å². The molecule has 10 rings (SSSR count). The molecule has 6 aromatic carbocycles. The number of hydrogen-bond acceptors (Lipinski definition) is 3. The number of hydrogen-bond donors (Lipinski definition) is 0. The van der Waals surface area contributed by atoms with Gasteiger partial charge in [-0.15, -0.1) is 5.73 Å². The van der Waals surface area contributed by atoms with Crippen LogP contribution >= 0.6 is 0 Å². The lowest BCUT2D eigenvalue weighted by atomic mass is 9.90. The van der Waals surface area contributed by atoms with Crippen LogP contribution in [-0.4, -0.2) is 6.04 Å². The number of benzene rings is 6. The first-order chi connectivity index (χ1) is 28.1. The van der Waals surface area contributed by atoms with Gasteiger partial charge >= 0.3 is 0 Å². The predicted octanol–water partition coefficient (Wildman–Crippen LogP) is 15.1. The molecular formula is C54H41NO2. The lowest BCUT2D eigenvalue weighted by Crippen LogP contribution is -2.27. The Morgan fingerprint density at radius 1 is 0.614 bits per heavy atom. The second kappa shape index (κ2) is 14.5. The second-order valence-electron chi connectivity index (χ2n) is 14.9. The van der Waals surface area contributed by atoms with Crippen molar-refractivity contribution in [1.82, 2.24) is 0 Å². The second-order valence-corrected chi connectivity index (χ2v) is 14.9. The molecular weight excluding hydrogens is 695 g/mol. The van der Waals surface area contributed by atoms with E-state index in [0.29, 0.717) is 0 Å². The molecule has 0 fully saturated rings. The van der Waals surface area contributed by atoms with Gasteiger partial charge in [-0.1, -0.05) is 123 Å². The van der Waals surface area contributed by atoms with E-state index >= 15 is 0 Å². The van der Waals surface area contributed by atoms with Crippen LogP contribution < -0.4 is 4.90 Å². The van der Waals surface area contributed by atoms with Crippen molar-refractivity contribution in [2.24, 2.45) is 0 Å². The van der Waals surface area contributed by atoms with E-state index in [1.165, 1.54) is 22.3 Å². The molecule has 0 amide bonds. The monoisotopic (exact) mass is 735 g/mol. The number of nitrogens with zero attached hydrogens (tertiary/aromatic N) is 1. The summed E-state index contributed by atoms with van der Waals surface area (Å²) in [5.74, 6) is 0. The number of anilines is 2. The normalized spacial score (nSPS) is 15.4. The molecule has 0 spiro atoms. The molecule has 0 saturated heterocycles. The minimum absolute atomic E-state index is 0.0370. The molecule has 3 nitrogen and oxygen atoms in total. The van der Waals surface area contributed by atoms with E-state index in [2.05, 4.69) is 176 Å². The van der Waals surface area contributed by atoms with Crippen LogP contribution in [0.1, 0.15) is 26.7 Å². The molecule has 0 radical (unpaired) electrons. The summed E-state index contributed by atoms with van der Waals surface area (Å²) in [6.45, 7) is 4.45. The van der Waals surface area contributed by atoms with Crippen LogP contribution in [0.15, 0.2) is 219 Å². The molecule has 0 bridgehead atoms. The summed E-state index contributed by atoms with van der Waals surface area (Å²) in [4.78, 5) is 2.43. The lowest BCUT2D eigenvalue weighted by molar-refractivity contribution is 0.668. The summed E-state index contributed by atoms with van der Waals surface area (Å²) in [5, 5.41) is 4.55. The molecule has 1 unspecified atom stereocenters. The molecule has 0 aliphatic heterocycles. The van der Waals surface area contributed by atoms with Crippen LogP contribution in [0.25, 0.3) is 66.1 Å². The number of para-hydroxylation sites is 2. The standard InChI is InChI=1S/C54H41NO2/c1-3-12-44-36(2)13-4-5-16-45(44)38-14-10-15-41(31-25-38)55(42-29-23-37(24-30-42)40-28-34-52-49(35-40)47-17-6-8-20-50(47)56-52)43-32-26-39(27-33-43)46-19-11-22-53-54(46)48-18-7-9-21-51(48)57-53/h5-11,13-35,41H,3,12H2,1-2H3. The van der Waals surface area contributed by atoms with Crippen molar-refractivity contribution in [2.75, 3.05) is 4.90 Å². The summed E-state index contributed by atoms with van der Waals surface area (Å²) in [7, 11) is 0. The SMILES string of the molecule is CCCC1=C(C)C=C=CC=C1C1=CC=CC(N(c2ccc(-c3ccc4oc5ccccc5c4c3)cc2)c2ccc(-c3cccc4oc5ccccc5c34)cc2)C=C1. The Morgan fingerprint density at radius 3 is 2.07 bits per heavy atom. The quantitative estimate of drug-likeness (QED) is 0.146. The van der Waals surface area contributed by atoms with E-state index in [1.54, 1.807) is 0 Å². The highest BCUT2D eigenvalue weighted by Gasteiger charge is 2.21. The maximum Gasteiger partial charge on any atom is 0.136 e. The summed E-state index contributed by atoms with van der Waals surface area (Å²) in [6, 6.07) is 47.3. The van der Waals surface area contributed by atoms with Gasteiger partial charge in [0.15, 0.2) is 0 Å². The lowest BCUT2D eigenvalue weighted by Gasteiger charge is -2.30. The van der Waals surface area contributed by atoms with Crippen LogP contribution in [0.3, 0.4) is 0 Å². The number of furan rings is 2. The maximum atomic E-state index is 6.24. The van der Waals surface area contributed by atoms with Crippen LogP contribution in [0.4, 0.5) is 11.4 Å². The molecule has 57 heavy (non-hydrogen) atoms. The smallest absolute Gasteiger partial charge is 0.136 e. The van der Waals surface area contributed by atoms with E-state index in [9.17, 15) is 0 Å². The number of fused-ring (bicyclic) bond motifs is 6. The van der Waals surface area contributed by atoms with Crippen molar-refractivity contribution in [3.8, 4) is 22.3 Å². The fourth-order valence-corrected chi connectivity index (χ4v) is 8.53. The average molecular weight is 736 g/mol.